The molecule has 17 heavy (non-hydrogen) atoms. The summed E-state index contributed by atoms with van der Waals surface area (Å²) in [4.78, 5) is 0.0265. The van der Waals surface area contributed by atoms with Crippen molar-refractivity contribution in [3.8, 4) is 0 Å². The van der Waals surface area contributed by atoms with Crippen LogP contribution in [-0.4, -0.2) is 27.5 Å². The summed E-state index contributed by atoms with van der Waals surface area (Å²) in [6, 6.07) is 4.48. The van der Waals surface area contributed by atoms with Gasteiger partial charge >= 0.3 is 0 Å². The molecular formula is C10H12Cl2N2O2S. The first-order valence-corrected chi connectivity index (χ1v) is 7.41. The number of halogens is 2. The van der Waals surface area contributed by atoms with Crippen LogP contribution in [0.4, 0.5) is 0 Å². The van der Waals surface area contributed by atoms with Gasteiger partial charge in [-0.15, -0.1) is 0 Å². The van der Waals surface area contributed by atoms with E-state index in [2.05, 4.69) is 10.0 Å². The number of nitrogens with one attached hydrogen (secondary N) is 2. The minimum Gasteiger partial charge on any atom is -0.315 e. The zero-order valence-corrected chi connectivity index (χ0v) is 11.2. The van der Waals surface area contributed by atoms with Crippen molar-refractivity contribution in [3.05, 3.63) is 28.2 Å². The fraction of sp³-hybridized carbons (Fsp3) is 0.400. The predicted molar refractivity (Wildman–Crippen MR) is 68.1 cm³/mol. The maximum absolute atomic E-state index is 12.1. The minimum absolute atomic E-state index is 0.0265. The number of sulfonamides is 1. The molecule has 0 unspecified atom stereocenters. The van der Waals surface area contributed by atoms with Crippen LogP contribution in [0.15, 0.2) is 23.1 Å². The molecule has 1 aliphatic rings. The van der Waals surface area contributed by atoms with Gasteiger partial charge in [0.15, 0.2) is 0 Å². The van der Waals surface area contributed by atoms with Crippen molar-refractivity contribution in [1.29, 1.82) is 0 Å². The molecule has 4 nitrogen and oxygen atoms in total. The van der Waals surface area contributed by atoms with Crippen molar-refractivity contribution in [1.82, 2.24) is 10.0 Å². The van der Waals surface area contributed by atoms with E-state index in [0.717, 1.165) is 13.0 Å². The highest BCUT2D eigenvalue weighted by atomic mass is 35.5. The molecule has 0 spiro atoms. The Morgan fingerprint density at radius 2 is 2.12 bits per heavy atom. The molecule has 2 rings (SSSR count). The second-order valence-electron chi connectivity index (χ2n) is 3.86. The standard InChI is InChI=1S/C10H12Cl2N2O2S/c11-8-2-1-3-9(10(8)12)17(15,16)14-7-4-5-13-6-7/h1-3,7,13-14H,4-6H2/t7-/m1/s1. The lowest BCUT2D eigenvalue weighted by Crippen LogP contribution is -2.36. The molecule has 1 saturated heterocycles. The van der Waals surface area contributed by atoms with Crippen LogP contribution in [-0.2, 0) is 10.0 Å². The highest BCUT2D eigenvalue weighted by molar-refractivity contribution is 7.89. The van der Waals surface area contributed by atoms with Crippen LogP contribution in [0.25, 0.3) is 0 Å². The molecule has 0 aromatic heterocycles. The molecule has 1 aromatic carbocycles. The molecule has 1 heterocycles. The van der Waals surface area contributed by atoms with Gasteiger partial charge in [0.2, 0.25) is 10.0 Å². The van der Waals surface area contributed by atoms with Gasteiger partial charge in [0.05, 0.1) is 10.0 Å². The van der Waals surface area contributed by atoms with E-state index >= 15 is 0 Å². The summed E-state index contributed by atoms with van der Waals surface area (Å²) in [5, 5.41) is 3.38. The van der Waals surface area contributed by atoms with Crippen molar-refractivity contribution < 1.29 is 8.42 Å². The molecule has 0 radical (unpaired) electrons. The van der Waals surface area contributed by atoms with Crippen molar-refractivity contribution in [2.75, 3.05) is 13.1 Å². The summed E-state index contributed by atoms with van der Waals surface area (Å²) < 4.78 is 26.8. The molecule has 0 bridgehead atoms. The number of hydrogen-bond donors (Lipinski definition) is 2. The predicted octanol–water partition coefficient (Wildman–Crippen LogP) is 1.63. The molecule has 1 fully saturated rings. The monoisotopic (exact) mass is 294 g/mol. The largest absolute Gasteiger partial charge is 0.315 e. The summed E-state index contributed by atoms with van der Waals surface area (Å²) in [6.45, 7) is 1.45. The van der Waals surface area contributed by atoms with E-state index in [4.69, 9.17) is 23.2 Å². The molecule has 0 amide bonds. The number of rotatable bonds is 3. The van der Waals surface area contributed by atoms with Gasteiger partial charge in [-0.1, -0.05) is 29.3 Å². The van der Waals surface area contributed by atoms with E-state index in [1.165, 1.54) is 6.07 Å². The van der Waals surface area contributed by atoms with E-state index in [0.29, 0.717) is 6.54 Å². The molecule has 0 aliphatic carbocycles. The second kappa shape index (κ2) is 5.12. The van der Waals surface area contributed by atoms with Crippen molar-refractivity contribution in [2.24, 2.45) is 0 Å². The Morgan fingerprint density at radius 1 is 1.35 bits per heavy atom. The van der Waals surface area contributed by atoms with Crippen molar-refractivity contribution >= 4 is 33.2 Å². The Balaban J connectivity index is 2.28. The van der Waals surface area contributed by atoms with Crippen LogP contribution in [0.3, 0.4) is 0 Å². The van der Waals surface area contributed by atoms with Gasteiger partial charge in [0, 0.05) is 12.6 Å². The Morgan fingerprint density at radius 3 is 2.76 bits per heavy atom. The van der Waals surface area contributed by atoms with Gasteiger partial charge in [-0.2, -0.15) is 0 Å². The molecule has 1 atom stereocenters. The molecule has 1 aromatic rings. The number of benzene rings is 1. The maximum Gasteiger partial charge on any atom is 0.242 e. The first-order valence-electron chi connectivity index (χ1n) is 5.18. The van der Waals surface area contributed by atoms with Crippen LogP contribution in [0.1, 0.15) is 6.42 Å². The Hall–Kier alpha value is -0.330. The fourth-order valence-corrected chi connectivity index (χ4v) is 3.76. The van der Waals surface area contributed by atoms with Crippen LogP contribution in [0, 0.1) is 0 Å². The third-order valence-corrected chi connectivity index (χ3v) is 5.08. The topological polar surface area (TPSA) is 58.2 Å². The first kappa shape index (κ1) is 13.1. The van der Waals surface area contributed by atoms with E-state index in [9.17, 15) is 8.42 Å². The summed E-state index contributed by atoms with van der Waals surface area (Å²) in [5.74, 6) is 0. The van der Waals surface area contributed by atoms with Crippen LogP contribution < -0.4 is 10.0 Å². The molecule has 7 heteroatoms. The quantitative estimate of drug-likeness (QED) is 0.891. The van der Waals surface area contributed by atoms with Gasteiger partial charge < -0.3 is 5.32 Å². The SMILES string of the molecule is O=S(=O)(N[C@@H]1CCNC1)c1cccc(Cl)c1Cl. The number of hydrogen-bond acceptors (Lipinski definition) is 3. The molecular weight excluding hydrogens is 283 g/mol. The third kappa shape index (κ3) is 2.92. The third-order valence-electron chi connectivity index (χ3n) is 2.59. The summed E-state index contributed by atoms with van der Waals surface area (Å²) in [7, 11) is -3.60. The fourth-order valence-electron chi connectivity index (χ4n) is 1.73. The van der Waals surface area contributed by atoms with Gasteiger partial charge in [0.1, 0.15) is 4.90 Å². The minimum atomic E-state index is -3.60. The molecule has 2 N–H and O–H groups in total. The van der Waals surface area contributed by atoms with Crippen LogP contribution >= 0.6 is 23.2 Å². The van der Waals surface area contributed by atoms with Gasteiger partial charge in [-0.05, 0) is 25.1 Å². The summed E-state index contributed by atoms with van der Waals surface area (Å²) in [6.07, 6.45) is 0.775. The van der Waals surface area contributed by atoms with Crippen LogP contribution in [0.2, 0.25) is 10.0 Å². The Labute approximate surface area is 110 Å². The van der Waals surface area contributed by atoms with Crippen molar-refractivity contribution in [2.45, 2.75) is 17.4 Å². The Kier molecular flexibility index (Phi) is 3.95. The van der Waals surface area contributed by atoms with E-state index in [1.807, 2.05) is 0 Å². The lowest BCUT2D eigenvalue weighted by Gasteiger charge is -2.13. The van der Waals surface area contributed by atoms with Gasteiger partial charge in [-0.3, -0.25) is 0 Å². The second-order valence-corrected chi connectivity index (χ2v) is 6.33. The summed E-state index contributed by atoms with van der Waals surface area (Å²) in [5.41, 5.74) is 0. The molecule has 94 valence electrons. The average molecular weight is 295 g/mol. The maximum atomic E-state index is 12.1. The van der Waals surface area contributed by atoms with Crippen LogP contribution in [0.5, 0.6) is 0 Å². The smallest absolute Gasteiger partial charge is 0.242 e. The average Bonchev–Trinajstić information content (AvgIpc) is 2.73. The van der Waals surface area contributed by atoms with Crippen molar-refractivity contribution in [3.63, 3.8) is 0 Å². The van der Waals surface area contributed by atoms with E-state index < -0.39 is 10.0 Å². The van der Waals surface area contributed by atoms with Gasteiger partial charge in [0.25, 0.3) is 0 Å². The first-order chi connectivity index (χ1) is 8.00. The van der Waals surface area contributed by atoms with Gasteiger partial charge in [-0.25, -0.2) is 13.1 Å². The lowest BCUT2D eigenvalue weighted by atomic mass is 10.3. The Bertz CT molecular complexity index is 513. The van der Waals surface area contributed by atoms with E-state index in [-0.39, 0.29) is 21.0 Å². The molecule has 0 saturated carbocycles. The highest BCUT2D eigenvalue weighted by Gasteiger charge is 2.25. The highest BCUT2D eigenvalue weighted by Crippen LogP contribution is 2.28. The summed E-state index contributed by atoms with van der Waals surface area (Å²) >= 11 is 11.7. The molecule has 1 aliphatic heterocycles. The zero-order chi connectivity index (χ0) is 12.5. The lowest BCUT2D eigenvalue weighted by molar-refractivity contribution is 0.560. The zero-order valence-electron chi connectivity index (χ0n) is 8.91. The normalized spacial score (nSPS) is 20.7. The van der Waals surface area contributed by atoms with E-state index in [1.54, 1.807) is 12.1 Å².